The van der Waals surface area contributed by atoms with Crippen molar-refractivity contribution in [2.45, 2.75) is 63.5 Å². The third kappa shape index (κ3) is 9.11. The summed E-state index contributed by atoms with van der Waals surface area (Å²) in [6.07, 6.45) is 4.78. The Hall–Kier alpha value is -4.67. The molecule has 0 bridgehead atoms. The summed E-state index contributed by atoms with van der Waals surface area (Å²) < 4.78 is 5.15. The molecule has 260 valence electrons. The van der Waals surface area contributed by atoms with Crippen molar-refractivity contribution in [3.05, 3.63) is 118 Å². The van der Waals surface area contributed by atoms with Crippen molar-refractivity contribution >= 4 is 63.6 Å². The summed E-state index contributed by atoms with van der Waals surface area (Å²) in [6, 6.07) is 25.2. The molecule has 0 spiro atoms. The van der Waals surface area contributed by atoms with Crippen LogP contribution in [0.4, 0.5) is 10.7 Å². The van der Waals surface area contributed by atoms with Gasteiger partial charge in [0.1, 0.15) is 10.7 Å². The predicted molar refractivity (Wildman–Crippen MR) is 203 cm³/mol. The Balaban J connectivity index is 1.31. The number of thiophene rings is 1. The Morgan fingerprint density at radius 2 is 1.66 bits per heavy atom. The van der Waals surface area contributed by atoms with Crippen LogP contribution in [0, 0.1) is 11.3 Å². The number of hydrogen-bond donors (Lipinski definition) is 3. The van der Waals surface area contributed by atoms with Crippen LogP contribution in [-0.4, -0.2) is 36.1 Å². The molecule has 50 heavy (non-hydrogen) atoms. The van der Waals surface area contributed by atoms with Crippen LogP contribution < -0.4 is 16.0 Å². The van der Waals surface area contributed by atoms with Crippen molar-refractivity contribution in [2.75, 3.05) is 17.7 Å². The summed E-state index contributed by atoms with van der Waals surface area (Å²) >= 11 is 2.85. The van der Waals surface area contributed by atoms with Crippen LogP contribution in [0.25, 0.3) is 6.08 Å². The van der Waals surface area contributed by atoms with Gasteiger partial charge in [-0.05, 0) is 84.6 Å². The van der Waals surface area contributed by atoms with Gasteiger partial charge in [0.2, 0.25) is 5.91 Å². The Labute approximate surface area is 302 Å². The average molecular weight is 710 g/mol. The highest BCUT2D eigenvalue weighted by Gasteiger charge is 2.35. The van der Waals surface area contributed by atoms with E-state index in [0.717, 1.165) is 40.2 Å². The number of methoxy groups -OCH3 is 1. The summed E-state index contributed by atoms with van der Waals surface area (Å²) in [4.78, 5) is 55.1. The van der Waals surface area contributed by atoms with Crippen molar-refractivity contribution in [3.63, 3.8) is 0 Å². The van der Waals surface area contributed by atoms with E-state index < -0.39 is 23.0 Å². The Morgan fingerprint density at radius 1 is 0.960 bits per heavy atom. The zero-order chi connectivity index (χ0) is 35.8. The number of esters is 1. The second-order valence-corrected chi connectivity index (χ2v) is 15.7. The number of amides is 3. The molecule has 3 N–H and O–H groups in total. The molecule has 1 aliphatic carbocycles. The van der Waals surface area contributed by atoms with Crippen molar-refractivity contribution in [1.82, 2.24) is 5.32 Å². The van der Waals surface area contributed by atoms with E-state index in [1.807, 2.05) is 49.4 Å². The van der Waals surface area contributed by atoms with Crippen molar-refractivity contribution < 1.29 is 23.9 Å². The summed E-state index contributed by atoms with van der Waals surface area (Å²) in [5.74, 6) is -1.05. The zero-order valence-electron chi connectivity index (χ0n) is 29.0. The molecule has 1 aromatic heterocycles. The third-order valence-corrected chi connectivity index (χ3v) is 11.3. The van der Waals surface area contributed by atoms with Gasteiger partial charge in [0, 0.05) is 21.0 Å². The number of hydrogen-bond acceptors (Lipinski definition) is 7. The van der Waals surface area contributed by atoms with E-state index in [1.165, 1.54) is 30.2 Å². The predicted octanol–water partition coefficient (Wildman–Crippen LogP) is 8.60. The molecule has 0 saturated heterocycles. The maximum absolute atomic E-state index is 13.7. The first-order chi connectivity index (χ1) is 24.0. The molecule has 1 aliphatic rings. The quantitative estimate of drug-likeness (QED) is 0.0817. The lowest BCUT2D eigenvalue weighted by Crippen LogP contribution is -2.30. The summed E-state index contributed by atoms with van der Waals surface area (Å²) in [6.45, 7) is 8.67. The van der Waals surface area contributed by atoms with Crippen molar-refractivity contribution in [1.29, 1.82) is 0 Å². The van der Waals surface area contributed by atoms with Crippen LogP contribution >= 0.6 is 23.1 Å². The topological polar surface area (TPSA) is 114 Å². The van der Waals surface area contributed by atoms with Gasteiger partial charge < -0.3 is 20.7 Å². The average Bonchev–Trinajstić information content (AvgIpc) is 3.47. The third-order valence-electron chi connectivity index (χ3n) is 8.79. The Kier molecular flexibility index (Phi) is 12.0. The van der Waals surface area contributed by atoms with Crippen LogP contribution in [0.2, 0.25) is 0 Å². The van der Waals surface area contributed by atoms with Gasteiger partial charge in [0.15, 0.2) is 0 Å². The van der Waals surface area contributed by atoms with Gasteiger partial charge in [0.05, 0.1) is 17.9 Å². The standard InChI is InChI=1S/C40H43N3O5S2/c1-6-32(37(46)43-38-34(39(47)48-5)30-21-20-27(40(2,3)4)23-33(30)50-38)49-29-19-13-18-28(24-29)41-36(45)31(22-25-14-9-7-10-15-25)42-35(44)26-16-11-8-12-17-26/h7-19,22,24,27,32H,6,20-21,23H2,1-5H3,(H,41,45)(H,42,44)(H,43,46)/b31-22-. The zero-order valence-corrected chi connectivity index (χ0v) is 30.6. The highest BCUT2D eigenvalue weighted by molar-refractivity contribution is 8.00. The molecule has 3 aromatic carbocycles. The molecule has 0 fully saturated rings. The van der Waals surface area contributed by atoms with Gasteiger partial charge >= 0.3 is 5.97 Å². The summed E-state index contributed by atoms with van der Waals surface area (Å²) in [5.41, 5.74) is 3.38. The summed E-state index contributed by atoms with van der Waals surface area (Å²) in [7, 11) is 1.37. The van der Waals surface area contributed by atoms with Gasteiger partial charge in [-0.1, -0.05) is 82.3 Å². The Bertz CT molecular complexity index is 1880. The van der Waals surface area contributed by atoms with Crippen LogP contribution in [0.5, 0.6) is 0 Å². The van der Waals surface area contributed by atoms with Gasteiger partial charge in [-0.15, -0.1) is 23.1 Å². The summed E-state index contributed by atoms with van der Waals surface area (Å²) in [5, 5.41) is 8.80. The lowest BCUT2D eigenvalue weighted by atomic mass is 9.72. The molecule has 4 aromatic rings. The minimum absolute atomic E-state index is 0.0859. The number of thioether (sulfide) groups is 1. The highest BCUT2D eigenvalue weighted by Crippen LogP contribution is 2.45. The molecule has 0 saturated carbocycles. The second-order valence-electron chi connectivity index (χ2n) is 13.3. The SMILES string of the molecule is CCC(Sc1cccc(NC(=O)/C(=C/c2ccccc2)NC(=O)c2ccccc2)c1)C(=O)Nc1sc2c(c1C(=O)OC)CCC(C(C)(C)C)C2. The molecule has 0 radical (unpaired) electrons. The van der Waals surface area contributed by atoms with Crippen molar-refractivity contribution in [3.8, 4) is 0 Å². The minimum atomic E-state index is -0.490. The number of anilines is 2. The fraction of sp³-hybridized carbons (Fsp3) is 0.300. The maximum atomic E-state index is 13.7. The lowest BCUT2D eigenvalue weighted by molar-refractivity contribution is -0.116. The van der Waals surface area contributed by atoms with E-state index in [4.69, 9.17) is 4.74 Å². The van der Waals surface area contributed by atoms with Crippen LogP contribution in [0.15, 0.2) is 95.5 Å². The second kappa shape index (κ2) is 16.4. The number of carbonyl (C=O) groups excluding carboxylic acids is 4. The first-order valence-corrected chi connectivity index (χ1v) is 18.4. The first-order valence-electron chi connectivity index (χ1n) is 16.7. The molecule has 8 nitrogen and oxygen atoms in total. The molecule has 10 heteroatoms. The number of benzene rings is 3. The molecule has 2 unspecified atom stereocenters. The van der Waals surface area contributed by atoms with Gasteiger partial charge in [-0.25, -0.2) is 4.79 Å². The fourth-order valence-electron chi connectivity index (χ4n) is 5.91. The monoisotopic (exact) mass is 709 g/mol. The normalized spacial score (nSPS) is 15.0. The Morgan fingerprint density at radius 3 is 2.32 bits per heavy atom. The maximum Gasteiger partial charge on any atom is 0.341 e. The van der Waals surface area contributed by atoms with E-state index >= 15 is 0 Å². The first kappa shape index (κ1) is 36.6. The molecule has 2 atom stereocenters. The number of rotatable bonds is 11. The van der Waals surface area contributed by atoms with Crippen molar-refractivity contribution in [2.24, 2.45) is 11.3 Å². The number of fused-ring (bicyclic) bond motifs is 1. The fourth-order valence-corrected chi connectivity index (χ4v) is 8.25. The number of ether oxygens (including phenoxy) is 1. The van der Waals surface area contributed by atoms with Gasteiger partial charge in [-0.2, -0.15) is 0 Å². The molecule has 3 amide bonds. The number of carbonyl (C=O) groups is 4. The molecule has 0 aliphatic heterocycles. The smallest absolute Gasteiger partial charge is 0.341 e. The van der Waals surface area contributed by atoms with E-state index in [-0.39, 0.29) is 17.0 Å². The molecular weight excluding hydrogens is 667 g/mol. The van der Waals surface area contributed by atoms with Crippen LogP contribution in [-0.2, 0) is 27.2 Å². The molecule has 5 rings (SSSR count). The van der Waals surface area contributed by atoms with E-state index in [2.05, 4.69) is 36.7 Å². The van der Waals surface area contributed by atoms with E-state index in [0.29, 0.717) is 34.2 Å². The van der Waals surface area contributed by atoms with Gasteiger partial charge in [-0.3, -0.25) is 14.4 Å². The molecule has 1 heterocycles. The van der Waals surface area contributed by atoms with E-state index in [9.17, 15) is 19.2 Å². The number of nitrogens with one attached hydrogen (secondary N) is 3. The van der Waals surface area contributed by atoms with Gasteiger partial charge in [0.25, 0.3) is 11.8 Å². The molecular formula is C40H43N3O5S2. The largest absolute Gasteiger partial charge is 0.465 e. The van der Waals surface area contributed by atoms with E-state index in [1.54, 1.807) is 48.5 Å². The highest BCUT2D eigenvalue weighted by atomic mass is 32.2. The van der Waals surface area contributed by atoms with Crippen LogP contribution in [0.3, 0.4) is 0 Å². The lowest BCUT2D eigenvalue weighted by Gasteiger charge is -2.33. The minimum Gasteiger partial charge on any atom is -0.465 e. The van der Waals surface area contributed by atoms with Crippen LogP contribution in [0.1, 0.15) is 77.3 Å².